The summed E-state index contributed by atoms with van der Waals surface area (Å²) in [6, 6.07) is 7.40. The van der Waals surface area contributed by atoms with E-state index in [1.165, 1.54) is 19.8 Å². The van der Waals surface area contributed by atoms with Gasteiger partial charge in [0.05, 0.1) is 6.54 Å². The van der Waals surface area contributed by atoms with E-state index in [-0.39, 0.29) is 29.9 Å². The molecule has 1 saturated heterocycles. The first kappa shape index (κ1) is 21.5. The van der Waals surface area contributed by atoms with Crippen molar-refractivity contribution in [3.05, 3.63) is 24.3 Å². The summed E-state index contributed by atoms with van der Waals surface area (Å²) in [6.07, 6.45) is 2.43. The second-order valence-corrected chi connectivity index (χ2v) is 6.20. The molecule has 7 heteroatoms. The van der Waals surface area contributed by atoms with Gasteiger partial charge in [-0.2, -0.15) is 0 Å². The first-order chi connectivity index (χ1) is 11.6. The largest absolute Gasteiger partial charge is 0.492 e. The molecule has 0 aliphatic carbocycles. The summed E-state index contributed by atoms with van der Waals surface area (Å²) in [4.78, 5) is 17.7. The third-order valence-corrected chi connectivity index (χ3v) is 4.10. The number of nitrogens with one attached hydrogen (secondary N) is 2. The molecule has 2 N–H and O–H groups in total. The van der Waals surface area contributed by atoms with Crippen molar-refractivity contribution in [3.63, 3.8) is 0 Å². The van der Waals surface area contributed by atoms with E-state index >= 15 is 0 Å². The van der Waals surface area contributed by atoms with E-state index in [0.29, 0.717) is 13.2 Å². The van der Waals surface area contributed by atoms with Crippen molar-refractivity contribution in [1.29, 1.82) is 0 Å². The summed E-state index contributed by atoms with van der Waals surface area (Å²) in [7, 11) is 1.82. The van der Waals surface area contributed by atoms with Gasteiger partial charge in [0.2, 0.25) is 5.91 Å². The number of carbonyl (C=O) groups is 1. The van der Waals surface area contributed by atoms with Crippen LogP contribution in [0.4, 0.5) is 5.69 Å². The molecule has 1 aliphatic rings. The maximum Gasteiger partial charge on any atom is 0.221 e. The second kappa shape index (κ2) is 11.2. The van der Waals surface area contributed by atoms with Gasteiger partial charge in [-0.1, -0.05) is 13.0 Å². The molecule has 0 atom stereocenters. The normalized spacial score (nSPS) is 15.3. The number of hydrogen-bond acceptors (Lipinski definition) is 3. The number of rotatable bonds is 5. The Bertz CT molecular complexity index is 572. The maximum absolute atomic E-state index is 11.1. The number of piperidine rings is 1. The molecule has 0 unspecified atom stereocenters. The molecule has 0 saturated carbocycles. The lowest BCUT2D eigenvalue weighted by Gasteiger charge is -2.32. The number of nitrogens with zero attached hydrogens (tertiary/aromatic N) is 2. The van der Waals surface area contributed by atoms with Gasteiger partial charge in [0.1, 0.15) is 12.4 Å². The number of carbonyl (C=O) groups excluding carboxylic acids is 1. The maximum atomic E-state index is 11.1. The highest BCUT2D eigenvalue weighted by atomic mass is 127. The lowest BCUT2D eigenvalue weighted by atomic mass is 10.00. The van der Waals surface area contributed by atoms with Gasteiger partial charge in [-0.05, 0) is 30.9 Å². The molecule has 0 bridgehead atoms. The monoisotopic (exact) mass is 460 g/mol. The van der Waals surface area contributed by atoms with Crippen LogP contribution in [0.1, 0.15) is 26.7 Å². The van der Waals surface area contributed by atoms with Crippen LogP contribution in [0.25, 0.3) is 0 Å². The lowest BCUT2D eigenvalue weighted by molar-refractivity contribution is -0.114. The highest BCUT2D eigenvalue weighted by Gasteiger charge is 2.18. The average molecular weight is 460 g/mol. The molecule has 6 nitrogen and oxygen atoms in total. The molecule has 25 heavy (non-hydrogen) atoms. The van der Waals surface area contributed by atoms with E-state index in [9.17, 15) is 4.79 Å². The Morgan fingerprint density at radius 2 is 2.08 bits per heavy atom. The quantitative estimate of drug-likeness (QED) is 0.307. The number of likely N-dealkylation sites (tertiary alicyclic amines) is 1. The summed E-state index contributed by atoms with van der Waals surface area (Å²) in [5, 5.41) is 6.10. The average Bonchev–Trinajstić information content (AvgIpc) is 2.56. The molecule has 1 fully saturated rings. The van der Waals surface area contributed by atoms with Gasteiger partial charge in [-0.15, -0.1) is 24.0 Å². The zero-order chi connectivity index (χ0) is 17.4. The fourth-order valence-corrected chi connectivity index (χ4v) is 2.75. The van der Waals surface area contributed by atoms with Crippen molar-refractivity contribution in [3.8, 4) is 5.75 Å². The molecular weight excluding hydrogens is 431 g/mol. The Kier molecular flexibility index (Phi) is 9.62. The minimum absolute atomic E-state index is 0. The van der Waals surface area contributed by atoms with Crippen LogP contribution < -0.4 is 15.4 Å². The predicted octanol–water partition coefficient (Wildman–Crippen LogP) is 2.95. The molecule has 1 aromatic carbocycles. The summed E-state index contributed by atoms with van der Waals surface area (Å²) >= 11 is 0. The second-order valence-electron chi connectivity index (χ2n) is 6.20. The SMILES string of the molecule is CN=C(NCCOc1cccc(NC(C)=O)c1)N1CCC(C)CC1.I. The smallest absolute Gasteiger partial charge is 0.221 e. The predicted molar refractivity (Wildman–Crippen MR) is 113 cm³/mol. The minimum Gasteiger partial charge on any atom is -0.492 e. The van der Waals surface area contributed by atoms with Gasteiger partial charge in [0.25, 0.3) is 0 Å². The van der Waals surface area contributed by atoms with Crippen LogP contribution >= 0.6 is 24.0 Å². The Balaban J connectivity index is 0.00000312. The lowest BCUT2D eigenvalue weighted by Crippen LogP contribution is -2.46. The van der Waals surface area contributed by atoms with Gasteiger partial charge in [0, 0.05) is 38.8 Å². The summed E-state index contributed by atoms with van der Waals surface area (Å²) in [6.45, 7) is 7.12. The van der Waals surface area contributed by atoms with Gasteiger partial charge in [-0.3, -0.25) is 9.79 Å². The van der Waals surface area contributed by atoms with E-state index in [0.717, 1.165) is 36.4 Å². The van der Waals surface area contributed by atoms with Crippen LogP contribution in [0, 0.1) is 5.92 Å². The third kappa shape index (κ3) is 7.50. The number of amides is 1. The number of ether oxygens (including phenoxy) is 1. The molecule has 1 aromatic rings. The summed E-state index contributed by atoms with van der Waals surface area (Å²) in [5.74, 6) is 2.40. The Morgan fingerprint density at radius 3 is 2.72 bits per heavy atom. The molecule has 0 spiro atoms. The molecule has 0 aromatic heterocycles. The topological polar surface area (TPSA) is 66.0 Å². The van der Waals surface area contributed by atoms with Crippen molar-refractivity contribution < 1.29 is 9.53 Å². The molecular formula is C18H29IN4O2. The van der Waals surface area contributed by atoms with E-state index in [1.54, 1.807) is 0 Å². The zero-order valence-corrected chi connectivity index (χ0v) is 17.6. The number of halogens is 1. The van der Waals surface area contributed by atoms with Crippen molar-refractivity contribution >= 4 is 41.5 Å². The van der Waals surface area contributed by atoms with E-state index < -0.39 is 0 Å². The zero-order valence-electron chi connectivity index (χ0n) is 15.2. The van der Waals surface area contributed by atoms with Gasteiger partial charge < -0.3 is 20.3 Å². The van der Waals surface area contributed by atoms with E-state index in [1.807, 2.05) is 31.3 Å². The van der Waals surface area contributed by atoms with E-state index in [2.05, 4.69) is 27.4 Å². The fourth-order valence-electron chi connectivity index (χ4n) is 2.75. The first-order valence-corrected chi connectivity index (χ1v) is 8.54. The Hall–Kier alpha value is -1.51. The molecule has 1 amide bonds. The van der Waals surface area contributed by atoms with Gasteiger partial charge in [0.15, 0.2) is 5.96 Å². The fraction of sp³-hybridized carbons (Fsp3) is 0.556. The summed E-state index contributed by atoms with van der Waals surface area (Å²) < 4.78 is 5.74. The van der Waals surface area contributed by atoms with Gasteiger partial charge in [-0.25, -0.2) is 0 Å². The van der Waals surface area contributed by atoms with Crippen LogP contribution in [0.15, 0.2) is 29.3 Å². The number of anilines is 1. The molecule has 140 valence electrons. The molecule has 0 radical (unpaired) electrons. The highest BCUT2D eigenvalue weighted by Crippen LogP contribution is 2.17. The van der Waals surface area contributed by atoms with Crippen LogP contribution in [0.3, 0.4) is 0 Å². The first-order valence-electron chi connectivity index (χ1n) is 8.54. The van der Waals surface area contributed by atoms with Crippen molar-refractivity contribution in [2.45, 2.75) is 26.7 Å². The highest BCUT2D eigenvalue weighted by molar-refractivity contribution is 14.0. The van der Waals surface area contributed by atoms with Crippen LogP contribution in [-0.2, 0) is 4.79 Å². The third-order valence-electron chi connectivity index (χ3n) is 4.10. The minimum atomic E-state index is -0.0894. The van der Waals surface area contributed by atoms with E-state index in [4.69, 9.17) is 4.74 Å². The summed E-state index contributed by atoms with van der Waals surface area (Å²) in [5.41, 5.74) is 0.742. The van der Waals surface area contributed by atoms with Crippen LogP contribution in [0.2, 0.25) is 0 Å². The van der Waals surface area contributed by atoms with Crippen molar-refractivity contribution in [1.82, 2.24) is 10.2 Å². The van der Waals surface area contributed by atoms with Crippen LogP contribution in [0.5, 0.6) is 5.75 Å². The van der Waals surface area contributed by atoms with Crippen molar-refractivity contribution in [2.24, 2.45) is 10.9 Å². The number of aliphatic imine (C=N–C) groups is 1. The Morgan fingerprint density at radius 1 is 1.36 bits per heavy atom. The standard InChI is InChI=1S/C18H28N4O2.HI/c1-14-7-10-22(11-8-14)18(19-3)20-9-12-24-17-6-4-5-16(13-17)21-15(2)23;/h4-6,13-14H,7-12H2,1-3H3,(H,19,20)(H,21,23);1H. The molecule has 2 rings (SSSR count). The molecule has 1 heterocycles. The number of hydrogen-bond donors (Lipinski definition) is 2. The molecule has 1 aliphatic heterocycles. The number of benzene rings is 1. The Labute approximate surface area is 167 Å². The van der Waals surface area contributed by atoms with Crippen LogP contribution in [-0.4, -0.2) is 50.1 Å². The van der Waals surface area contributed by atoms with Crippen molar-refractivity contribution in [2.75, 3.05) is 38.6 Å². The number of guanidine groups is 1. The van der Waals surface area contributed by atoms with Gasteiger partial charge >= 0.3 is 0 Å².